The predicted molar refractivity (Wildman–Crippen MR) is 56.5 cm³/mol. The summed E-state index contributed by atoms with van der Waals surface area (Å²) in [5.41, 5.74) is 4.06. The zero-order valence-electron chi connectivity index (χ0n) is 7.99. The molecule has 0 saturated carbocycles. The molecule has 1 aliphatic heterocycles. The van der Waals surface area contributed by atoms with Crippen LogP contribution in [0.15, 0.2) is 41.2 Å². The number of fused-ring (bicyclic) bond motifs is 1. The topological polar surface area (TPSA) is 42.2 Å². The Bertz CT molecular complexity index is 514. The van der Waals surface area contributed by atoms with E-state index in [1.54, 1.807) is 12.5 Å². The average Bonchev–Trinajstić information content (AvgIpc) is 2.82. The number of rotatable bonds is 1. The number of benzene rings is 1. The van der Waals surface area contributed by atoms with Crippen LogP contribution in [0.25, 0.3) is 11.1 Å². The Balaban J connectivity index is 2.07. The van der Waals surface area contributed by atoms with Crippen LogP contribution in [0.1, 0.15) is 5.56 Å². The molecule has 0 atom stereocenters. The molecule has 2 heterocycles. The SMILES string of the molecule is O=C1Cc2ccc(-c3ccoc3)cc2N1. The fourth-order valence-corrected chi connectivity index (χ4v) is 1.82. The lowest BCUT2D eigenvalue weighted by Crippen LogP contribution is -2.03. The van der Waals surface area contributed by atoms with Gasteiger partial charge in [0.1, 0.15) is 0 Å². The number of furan rings is 1. The Morgan fingerprint density at radius 2 is 2.13 bits per heavy atom. The smallest absolute Gasteiger partial charge is 0.228 e. The number of hydrogen-bond acceptors (Lipinski definition) is 2. The van der Waals surface area contributed by atoms with Crippen LogP contribution in [0.4, 0.5) is 5.69 Å². The van der Waals surface area contributed by atoms with E-state index < -0.39 is 0 Å². The maximum absolute atomic E-state index is 11.2. The summed E-state index contributed by atoms with van der Waals surface area (Å²) < 4.78 is 5.02. The number of carbonyl (C=O) groups excluding carboxylic acids is 1. The van der Waals surface area contributed by atoms with Crippen LogP contribution in [-0.2, 0) is 11.2 Å². The van der Waals surface area contributed by atoms with Gasteiger partial charge in [-0.2, -0.15) is 0 Å². The third-order valence-corrected chi connectivity index (χ3v) is 2.59. The first kappa shape index (κ1) is 8.29. The molecule has 0 unspecified atom stereocenters. The summed E-state index contributed by atoms with van der Waals surface area (Å²) in [4.78, 5) is 11.2. The lowest BCUT2D eigenvalue weighted by atomic mass is 10.1. The third kappa shape index (κ3) is 1.32. The van der Waals surface area contributed by atoms with E-state index in [0.29, 0.717) is 6.42 Å². The maximum Gasteiger partial charge on any atom is 0.228 e. The highest BCUT2D eigenvalue weighted by molar-refractivity contribution is 5.99. The minimum absolute atomic E-state index is 0.0642. The van der Waals surface area contributed by atoms with Crippen LogP contribution < -0.4 is 5.32 Å². The standard InChI is InChI=1S/C12H9NO2/c14-12-6-9-2-1-8(5-11(9)13-12)10-3-4-15-7-10/h1-5,7H,6H2,(H,13,14). The van der Waals surface area contributed by atoms with E-state index in [4.69, 9.17) is 4.42 Å². The molecule has 3 nitrogen and oxygen atoms in total. The van der Waals surface area contributed by atoms with E-state index in [1.807, 2.05) is 24.3 Å². The lowest BCUT2D eigenvalue weighted by Gasteiger charge is -2.01. The number of carbonyl (C=O) groups is 1. The van der Waals surface area contributed by atoms with Crippen molar-refractivity contribution in [2.24, 2.45) is 0 Å². The Morgan fingerprint density at radius 1 is 1.20 bits per heavy atom. The van der Waals surface area contributed by atoms with Crippen LogP contribution in [0.3, 0.4) is 0 Å². The number of hydrogen-bond donors (Lipinski definition) is 1. The Labute approximate surface area is 86.7 Å². The molecule has 0 spiro atoms. The van der Waals surface area contributed by atoms with Crippen molar-refractivity contribution in [1.29, 1.82) is 0 Å². The normalized spacial score (nSPS) is 13.7. The van der Waals surface area contributed by atoms with Crippen molar-refractivity contribution in [2.45, 2.75) is 6.42 Å². The first-order chi connectivity index (χ1) is 7.33. The Morgan fingerprint density at radius 3 is 2.93 bits per heavy atom. The van der Waals surface area contributed by atoms with Gasteiger partial charge in [-0.15, -0.1) is 0 Å². The van der Waals surface area contributed by atoms with E-state index in [0.717, 1.165) is 22.4 Å². The van der Waals surface area contributed by atoms with Crippen LogP contribution in [0, 0.1) is 0 Å². The minimum atomic E-state index is 0.0642. The van der Waals surface area contributed by atoms with Crippen LogP contribution >= 0.6 is 0 Å². The van der Waals surface area contributed by atoms with Crippen LogP contribution in [-0.4, -0.2) is 5.91 Å². The van der Waals surface area contributed by atoms with Gasteiger partial charge in [0.15, 0.2) is 0 Å². The molecule has 1 aliphatic rings. The maximum atomic E-state index is 11.2. The van der Waals surface area contributed by atoms with Crippen molar-refractivity contribution in [3.8, 4) is 11.1 Å². The van der Waals surface area contributed by atoms with Gasteiger partial charge >= 0.3 is 0 Å². The van der Waals surface area contributed by atoms with Crippen molar-refractivity contribution < 1.29 is 9.21 Å². The molecule has 0 bridgehead atoms. The molecule has 0 fully saturated rings. The van der Waals surface area contributed by atoms with Gasteiger partial charge < -0.3 is 9.73 Å². The summed E-state index contributed by atoms with van der Waals surface area (Å²) in [6, 6.07) is 7.86. The molecule has 74 valence electrons. The number of amides is 1. The van der Waals surface area contributed by atoms with E-state index in [2.05, 4.69) is 5.32 Å². The number of nitrogens with one attached hydrogen (secondary N) is 1. The second-order valence-electron chi connectivity index (χ2n) is 3.61. The zero-order valence-corrected chi connectivity index (χ0v) is 7.99. The molecular weight excluding hydrogens is 190 g/mol. The summed E-state index contributed by atoms with van der Waals surface area (Å²) in [6.07, 6.45) is 3.82. The van der Waals surface area contributed by atoms with Gasteiger partial charge in [0.2, 0.25) is 5.91 Å². The van der Waals surface area contributed by atoms with Crippen molar-refractivity contribution in [3.63, 3.8) is 0 Å². The second-order valence-corrected chi connectivity index (χ2v) is 3.61. The fourth-order valence-electron chi connectivity index (χ4n) is 1.82. The average molecular weight is 199 g/mol. The van der Waals surface area contributed by atoms with Gasteiger partial charge in [0.05, 0.1) is 18.9 Å². The fraction of sp³-hybridized carbons (Fsp3) is 0.0833. The molecule has 1 N–H and O–H groups in total. The molecule has 15 heavy (non-hydrogen) atoms. The summed E-state index contributed by atoms with van der Waals surface area (Å²) in [6.45, 7) is 0. The van der Waals surface area contributed by atoms with Crippen LogP contribution in [0.5, 0.6) is 0 Å². The van der Waals surface area contributed by atoms with Gasteiger partial charge in [-0.1, -0.05) is 12.1 Å². The molecule has 1 aromatic carbocycles. The van der Waals surface area contributed by atoms with Gasteiger partial charge in [0, 0.05) is 11.3 Å². The quantitative estimate of drug-likeness (QED) is 0.766. The van der Waals surface area contributed by atoms with Gasteiger partial charge in [-0.3, -0.25) is 4.79 Å². The molecule has 2 aromatic rings. The molecule has 0 radical (unpaired) electrons. The summed E-state index contributed by atoms with van der Waals surface area (Å²) in [5.74, 6) is 0.0642. The highest BCUT2D eigenvalue weighted by Gasteiger charge is 2.17. The lowest BCUT2D eigenvalue weighted by molar-refractivity contribution is -0.115. The Hall–Kier alpha value is -2.03. The summed E-state index contributed by atoms with van der Waals surface area (Å²) in [7, 11) is 0. The first-order valence-corrected chi connectivity index (χ1v) is 4.78. The molecule has 0 aliphatic carbocycles. The van der Waals surface area contributed by atoms with E-state index in [9.17, 15) is 4.79 Å². The van der Waals surface area contributed by atoms with Gasteiger partial charge in [0.25, 0.3) is 0 Å². The van der Waals surface area contributed by atoms with E-state index in [-0.39, 0.29) is 5.91 Å². The second kappa shape index (κ2) is 2.98. The van der Waals surface area contributed by atoms with Crippen molar-refractivity contribution in [1.82, 2.24) is 0 Å². The summed E-state index contributed by atoms with van der Waals surface area (Å²) in [5, 5.41) is 2.83. The van der Waals surface area contributed by atoms with E-state index in [1.165, 1.54) is 0 Å². The van der Waals surface area contributed by atoms with Crippen molar-refractivity contribution in [3.05, 3.63) is 42.4 Å². The highest BCUT2D eigenvalue weighted by Crippen LogP contribution is 2.29. The van der Waals surface area contributed by atoms with Gasteiger partial charge in [-0.25, -0.2) is 0 Å². The van der Waals surface area contributed by atoms with Crippen molar-refractivity contribution >= 4 is 11.6 Å². The molecule has 3 heteroatoms. The molecule has 0 saturated heterocycles. The summed E-state index contributed by atoms with van der Waals surface area (Å²) >= 11 is 0. The Kier molecular flexibility index (Phi) is 1.65. The first-order valence-electron chi connectivity index (χ1n) is 4.78. The molecular formula is C12H9NO2. The van der Waals surface area contributed by atoms with Crippen LogP contribution in [0.2, 0.25) is 0 Å². The largest absolute Gasteiger partial charge is 0.472 e. The highest BCUT2D eigenvalue weighted by atomic mass is 16.3. The zero-order chi connectivity index (χ0) is 10.3. The molecule has 3 rings (SSSR count). The third-order valence-electron chi connectivity index (χ3n) is 2.59. The minimum Gasteiger partial charge on any atom is -0.472 e. The molecule has 1 amide bonds. The van der Waals surface area contributed by atoms with Crippen molar-refractivity contribution in [2.75, 3.05) is 5.32 Å². The van der Waals surface area contributed by atoms with Gasteiger partial charge in [-0.05, 0) is 23.3 Å². The number of anilines is 1. The van der Waals surface area contributed by atoms with E-state index >= 15 is 0 Å². The molecule has 1 aromatic heterocycles. The predicted octanol–water partition coefficient (Wildman–Crippen LogP) is 2.44. The monoisotopic (exact) mass is 199 g/mol.